The van der Waals surface area contributed by atoms with Gasteiger partial charge in [-0.05, 0) is 0 Å². The molecule has 0 aliphatic rings. The molecule has 1 rings (SSSR count). The van der Waals surface area contributed by atoms with E-state index in [0.717, 1.165) is 0 Å². The van der Waals surface area contributed by atoms with Gasteiger partial charge in [0.25, 0.3) is 0 Å². The second kappa shape index (κ2) is 3.00. The normalized spacial score (nSPS) is 9.30. The van der Waals surface area contributed by atoms with Gasteiger partial charge < -0.3 is 5.32 Å². The van der Waals surface area contributed by atoms with Crippen LogP contribution in [0.3, 0.4) is 0 Å². The highest BCUT2D eigenvalue weighted by Crippen LogP contribution is 1.81. The van der Waals surface area contributed by atoms with Gasteiger partial charge >= 0.3 is 0 Å². The van der Waals surface area contributed by atoms with Gasteiger partial charge in [0.05, 0.1) is 6.20 Å². The number of hydrogen-bond donors (Lipinski definition) is 1. The molecule has 1 aromatic rings. The van der Waals surface area contributed by atoms with E-state index in [1.807, 2.05) is 0 Å². The molecule has 0 aromatic carbocycles. The van der Waals surface area contributed by atoms with Crippen molar-refractivity contribution in [2.24, 2.45) is 0 Å². The fraction of sp³-hybridized carbons (Fsp3) is 0.333. The van der Waals surface area contributed by atoms with E-state index in [-0.39, 0.29) is 12.5 Å². The quantitative estimate of drug-likeness (QED) is 0.595. The number of carbonyl (C=O) groups is 1. The van der Waals surface area contributed by atoms with Crippen molar-refractivity contribution >= 4 is 5.91 Å². The lowest BCUT2D eigenvalue weighted by atomic mass is 10.6. The van der Waals surface area contributed by atoms with Gasteiger partial charge in [0.15, 0.2) is 0 Å². The summed E-state index contributed by atoms with van der Waals surface area (Å²) in [6, 6.07) is 2.73. The molecule has 0 spiro atoms. The molecular weight excluding hydrogens is 130 g/mol. The van der Waals surface area contributed by atoms with Crippen molar-refractivity contribution in [3.05, 3.63) is 18.5 Å². The summed E-state index contributed by atoms with van der Waals surface area (Å²) in [5.41, 5.74) is 0. The molecule has 0 saturated heterocycles. The first-order valence-electron chi connectivity index (χ1n) is 2.92. The lowest BCUT2D eigenvalue weighted by molar-refractivity contribution is -0.121. The number of rotatable bonds is 2. The van der Waals surface area contributed by atoms with Gasteiger partial charge in [-0.25, -0.2) is 0 Å². The van der Waals surface area contributed by atoms with Gasteiger partial charge in [0.2, 0.25) is 5.91 Å². The molecule has 10 heavy (non-hydrogen) atoms. The van der Waals surface area contributed by atoms with Crippen LogP contribution >= 0.6 is 0 Å². The van der Waals surface area contributed by atoms with Gasteiger partial charge in [0, 0.05) is 19.3 Å². The van der Waals surface area contributed by atoms with E-state index in [9.17, 15) is 4.79 Å². The van der Waals surface area contributed by atoms with E-state index < -0.39 is 0 Å². The smallest absolute Gasteiger partial charge is 0.241 e. The third-order valence-electron chi connectivity index (χ3n) is 1.09. The highest BCUT2D eigenvalue weighted by Gasteiger charge is 1.96. The van der Waals surface area contributed by atoms with E-state index in [2.05, 4.69) is 16.5 Å². The summed E-state index contributed by atoms with van der Waals surface area (Å²) in [6.45, 7) is 0.264. The van der Waals surface area contributed by atoms with Gasteiger partial charge in [-0.2, -0.15) is 5.10 Å². The number of likely N-dealkylation sites (N-methyl/N-ethyl adjacent to an activating group) is 1. The number of carbonyl (C=O) groups excluding carboxylic acids is 1. The predicted molar refractivity (Wildman–Crippen MR) is 35.1 cm³/mol. The molecule has 1 heterocycles. The third kappa shape index (κ3) is 1.58. The minimum absolute atomic E-state index is 0.0582. The van der Waals surface area contributed by atoms with Crippen molar-refractivity contribution in [1.82, 2.24) is 15.1 Å². The standard InChI is InChI=1S/C6H8N3O/c1-7-6(10)5-9-4-2-3-8-9/h3-4H,5H2,1H3,(H,7,10). The number of aromatic nitrogens is 2. The molecule has 1 amide bonds. The lowest BCUT2D eigenvalue weighted by Gasteiger charge is -1.97. The van der Waals surface area contributed by atoms with Gasteiger partial charge in [-0.1, -0.05) is 0 Å². The Balaban J connectivity index is 2.48. The van der Waals surface area contributed by atoms with Crippen molar-refractivity contribution in [3.8, 4) is 0 Å². The molecule has 0 saturated carbocycles. The summed E-state index contributed by atoms with van der Waals surface area (Å²) in [7, 11) is 1.59. The molecule has 0 fully saturated rings. The maximum atomic E-state index is 10.7. The average Bonchev–Trinajstić information content (AvgIpc) is 2.40. The number of nitrogens with zero attached hydrogens (tertiary/aromatic N) is 2. The first kappa shape index (κ1) is 6.80. The van der Waals surface area contributed by atoms with Crippen LogP contribution in [-0.2, 0) is 11.3 Å². The Hall–Kier alpha value is -1.32. The van der Waals surface area contributed by atoms with Crippen molar-refractivity contribution in [2.45, 2.75) is 6.54 Å². The van der Waals surface area contributed by atoms with E-state index >= 15 is 0 Å². The maximum Gasteiger partial charge on any atom is 0.241 e. The van der Waals surface area contributed by atoms with E-state index in [4.69, 9.17) is 0 Å². The molecule has 0 atom stereocenters. The molecule has 0 unspecified atom stereocenters. The molecular formula is C6H8N3O. The fourth-order valence-corrected chi connectivity index (χ4v) is 0.573. The molecule has 1 radical (unpaired) electrons. The number of amides is 1. The van der Waals surface area contributed by atoms with Crippen LogP contribution in [-0.4, -0.2) is 22.7 Å². The molecule has 53 valence electrons. The van der Waals surface area contributed by atoms with Crippen LogP contribution in [0.2, 0.25) is 0 Å². The van der Waals surface area contributed by atoms with Gasteiger partial charge in [0.1, 0.15) is 6.54 Å². The zero-order chi connectivity index (χ0) is 7.40. The summed E-state index contributed by atoms with van der Waals surface area (Å²) in [6.07, 6.45) is 3.14. The molecule has 4 nitrogen and oxygen atoms in total. The zero-order valence-electron chi connectivity index (χ0n) is 5.66. The molecule has 0 bridgehead atoms. The summed E-state index contributed by atoms with van der Waals surface area (Å²) in [5.74, 6) is -0.0582. The molecule has 0 aliphatic heterocycles. The van der Waals surface area contributed by atoms with Crippen molar-refractivity contribution in [1.29, 1.82) is 0 Å². The van der Waals surface area contributed by atoms with Crippen LogP contribution in [0.1, 0.15) is 0 Å². The molecule has 1 aromatic heterocycles. The van der Waals surface area contributed by atoms with Crippen LogP contribution in [0.15, 0.2) is 12.4 Å². The van der Waals surface area contributed by atoms with Crippen LogP contribution in [0, 0.1) is 6.07 Å². The number of hydrogen-bond acceptors (Lipinski definition) is 2. The van der Waals surface area contributed by atoms with Gasteiger partial charge in [-0.15, -0.1) is 0 Å². The second-order valence-corrected chi connectivity index (χ2v) is 1.81. The number of nitrogens with one attached hydrogen (secondary N) is 1. The summed E-state index contributed by atoms with van der Waals surface area (Å²) in [4.78, 5) is 10.7. The van der Waals surface area contributed by atoms with Crippen molar-refractivity contribution < 1.29 is 4.79 Å². The highest BCUT2D eigenvalue weighted by atomic mass is 16.1. The topological polar surface area (TPSA) is 46.9 Å². The Kier molecular flexibility index (Phi) is 2.04. The fourth-order valence-electron chi connectivity index (χ4n) is 0.573. The summed E-state index contributed by atoms with van der Waals surface area (Å²) >= 11 is 0. The van der Waals surface area contributed by atoms with Crippen LogP contribution in [0.4, 0.5) is 0 Å². The minimum Gasteiger partial charge on any atom is -0.358 e. The molecule has 0 aliphatic carbocycles. The Morgan fingerprint density at radius 1 is 1.90 bits per heavy atom. The monoisotopic (exact) mass is 138 g/mol. The van der Waals surface area contributed by atoms with Crippen LogP contribution < -0.4 is 5.32 Å². The minimum atomic E-state index is -0.0582. The first-order valence-corrected chi connectivity index (χ1v) is 2.92. The Bertz CT molecular complexity index is 205. The van der Waals surface area contributed by atoms with Crippen LogP contribution in [0.5, 0.6) is 0 Å². The summed E-state index contributed by atoms with van der Waals surface area (Å²) < 4.78 is 1.51. The van der Waals surface area contributed by atoms with E-state index in [0.29, 0.717) is 0 Å². The van der Waals surface area contributed by atoms with E-state index in [1.54, 1.807) is 13.2 Å². The van der Waals surface area contributed by atoms with Crippen molar-refractivity contribution in [2.75, 3.05) is 7.05 Å². The average molecular weight is 138 g/mol. The lowest BCUT2D eigenvalue weighted by Crippen LogP contribution is -2.23. The van der Waals surface area contributed by atoms with E-state index in [1.165, 1.54) is 10.9 Å². The largest absolute Gasteiger partial charge is 0.358 e. The summed E-state index contributed by atoms with van der Waals surface area (Å²) in [5, 5.41) is 6.29. The molecule has 1 N–H and O–H groups in total. The Morgan fingerprint density at radius 3 is 3.20 bits per heavy atom. The predicted octanol–water partition coefficient (Wildman–Crippen LogP) is -0.571. The highest BCUT2D eigenvalue weighted by molar-refractivity contribution is 5.75. The second-order valence-electron chi connectivity index (χ2n) is 1.81. The third-order valence-corrected chi connectivity index (χ3v) is 1.09. The SMILES string of the molecule is CNC(=O)Cn1c[c]cn1. The Labute approximate surface area is 58.8 Å². The maximum absolute atomic E-state index is 10.7. The van der Waals surface area contributed by atoms with Crippen molar-refractivity contribution in [3.63, 3.8) is 0 Å². The Morgan fingerprint density at radius 2 is 2.70 bits per heavy atom. The first-order chi connectivity index (χ1) is 4.83. The van der Waals surface area contributed by atoms with Gasteiger partial charge in [-0.3, -0.25) is 9.48 Å². The zero-order valence-corrected chi connectivity index (χ0v) is 5.66. The van der Waals surface area contributed by atoms with Crippen LogP contribution in [0.25, 0.3) is 0 Å². The molecule has 4 heteroatoms.